The molecule has 0 radical (unpaired) electrons. The Labute approximate surface area is 142 Å². The van der Waals surface area contributed by atoms with Crippen LogP contribution in [-0.4, -0.2) is 19.0 Å². The molecule has 1 aliphatic rings. The molecule has 1 amide bonds. The fraction of sp³-hybridized carbons (Fsp3) is 0.353. The number of anilines is 1. The summed E-state index contributed by atoms with van der Waals surface area (Å²) < 4.78 is 38.2. The first kappa shape index (κ1) is 17.0. The molecule has 1 unspecified atom stereocenters. The number of hydrogen-bond donors (Lipinski definition) is 2. The highest BCUT2D eigenvalue weighted by Gasteiger charge is 2.31. The number of hydrogen-bond acceptors (Lipinski definition) is 2. The molecule has 1 aromatic heterocycles. The van der Waals surface area contributed by atoms with E-state index in [0.29, 0.717) is 0 Å². The van der Waals surface area contributed by atoms with Gasteiger partial charge in [-0.25, -0.2) is 0 Å². The van der Waals surface area contributed by atoms with Crippen molar-refractivity contribution in [1.29, 1.82) is 0 Å². The van der Waals surface area contributed by atoms with Crippen molar-refractivity contribution in [3.05, 3.63) is 51.7 Å². The minimum Gasteiger partial charge on any atom is -0.321 e. The van der Waals surface area contributed by atoms with Gasteiger partial charge in [0.15, 0.2) is 6.54 Å². The van der Waals surface area contributed by atoms with Crippen LogP contribution in [0, 0.1) is 0 Å². The van der Waals surface area contributed by atoms with Crippen LogP contribution in [0.4, 0.5) is 18.9 Å². The summed E-state index contributed by atoms with van der Waals surface area (Å²) in [5, 5.41) is 4.65. The Morgan fingerprint density at radius 3 is 2.92 bits per heavy atom. The second-order valence-corrected chi connectivity index (χ2v) is 6.98. The molecule has 2 heterocycles. The minimum absolute atomic E-state index is 0.176. The second-order valence-electron chi connectivity index (χ2n) is 5.98. The number of fused-ring (bicyclic) bond motifs is 1. The summed E-state index contributed by atoms with van der Waals surface area (Å²) in [5.41, 5.74) is 0.685. The Kier molecular flexibility index (Phi) is 4.64. The number of carbonyl (C=O) groups is 1. The quantitative estimate of drug-likeness (QED) is 0.872. The molecule has 3 rings (SSSR count). The Bertz CT molecular complexity index is 741. The topological polar surface area (TPSA) is 33.5 Å². The van der Waals surface area contributed by atoms with Crippen molar-refractivity contribution >= 4 is 22.9 Å². The first-order chi connectivity index (χ1) is 11.3. The van der Waals surface area contributed by atoms with E-state index in [0.717, 1.165) is 30.0 Å². The van der Waals surface area contributed by atoms with E-state index in [1.165, 1.54) is 22.6 Å². The molecule has 128 valence electrons. The highest BCUT2D eigenvalue weighted by atomic mass is 32.1. The van der Waals surface area contributed by atoms with Gasteiger partial charge in [0.25, 0.3) is 5.91 Å². The summed E-state index contributed by atoms with van der Waals surface area (Å²) in [6.45, 7) is 3.18. The predicted molar refractivity (Wildman–Crippen MR) is 87.2 cm³/mol. The van der Waals surface area contributed by atoms with Gasteiger partial charge in [-0.2, -0.15) is 13.2 Å². The molecular weight excluding hydrogens is 337 g/mol. The zero-order valence-electron chi connectivity index (χ0n) is 13.1. The van der Waals surface area contributed by atoms with E-state index in [1.807, 2.05) is 0 Å². The zero-order valence-corrected chi connectivity index (χ0v) is 13.9. The first-order valence-corrected chi connectivity index (χ1v) is 8.60. The van der Waals surface area contributed by atoms with Crippen molar-refractivity contribution in [1.82, 2.24) is 0 Å². The fourth-order valence-electron chi connectivity index (χ4n) is 3.08. The maximum atomic E-state index is 12.7. The number of amides is 1. The monoisotopic (exact) mass is 355 g/mol. The van der Waals surface area contributed by atoms with Crippen molar-refractivity contribution < 1.29 is 22.9 Å². The molecule has 2 atom stereocenters. The number of alkyl halides is 3. The molecule has 0 fully saturated rings. The highest BCUT2D eigenvalue weighted by Crippen LogP contribution is 2.30. The van der Waals surface area contributed by atoms with E-state index < -0.39 is 11.7 Å². The Morgan fingerprint density at radius 2 is 2.17 bits per heavy atom. The van der Waals surface area contributed by atoms with E-state index in [1.54, 1.807) is 11.3 Å². The summed E-state index contributed by atoms with van der Waals surface area (Å²) in [7, 11) is 0. The number of nitrogens with one attached hydrogen (secondary N) is 2. The van der Waals surface area contributed by atoms with Gasteiger partial charge in [0.05, 0.1) is 12.1 Å². The number of rotatable bonds is 3. The third-order valence-corrected chi connectivity index (χ3v) is 5.39. The van der Waals surface area contributed by atoms with Crippen LogP contribution in [0.25, 0.3) is 0 Å². The van der Waals surface area contributed by atoms with Gasteiger partial charge in [-0.05, 0) is 36.6 Å². The maximum Gasteiger partial charge on any atom is 0.416 e. The van der Waals surface area contributed by atoms with Crippen molar-refractivity contribution in [3.63, 3.8) is 0 Å². The van der Waals surface area contributed by atoms with Gasteiger partial charge in [-0.1, -0.05) is 6.07 Å². The van der Waals surface area contributed by atoms with Gasteiger partial charge in [0.1, 0.15) is 6.04 Å². The molecule has 7 heteroatoms. The predicted octanol–water partition coefficient (Wildman–Crippen LogP) is 2.91. The first-order valence-electron chi connectivity index (χ1n) is 7.72. The van der Waals surface area contributed by atoms with Crippen LogP contribution >= 0.6 is 11.3 Å². The molecule has 2 N–H and O–H groups in total. The number of thiophene rings is 1. The lowest BCUT2D eigenvalue weighted by atomic mass is 10.0. The van der Waals surface area contributed by atoms with E-state index in [9.17, 15) is 18.0 Å². The molecule has 0 aliphatic carbocycles. The lowest BCUT2D eigenvalue weighted by molar-refractivity contribution is -0.923. The SMILES string of the molecule is C[C@H]1c2ccsc2CC[NH+]1CC(=O)Nc1cccc(C(F)(F)F)c1. The summed E-state index contributed by atoms with van der Waals surface area (Å²) in [5.74, 6) is -0.269. The van der Waals surface area contributed by atoms with Crippen molar-refractivity contribution in [2.24, 2.45) is 0 Å². The zero-order chi connectivity index (χ0) is 17.3. The number of carbonyl (C=O) groups excluding carboxylic acids is 1. The van der Waals surface area contributed by atoms with Gasteiger partial charge >= 0.3 is 6.18 Å². The molecule has 1 aromatic carbocycles. The Balaban J connectivity index is 1.64. The lowest BCUT2D eigenvalue weighted by Gasteiger charge is -2.29. The third-order valence-electron chi connectivity index (χ3n) is 4.39. The van der Waals surface area contributed by atoms with Crippen LogP contribution in [0.5, 0.6) is 0 Å². The molecule has 0 spiro atoms. The van der Waals surface area contributed by atoms with E-state index in [4.69, 9.17) is 0 Å². The van der Waals surface area contributed by atoms with Crippen molar-refractivity contribution in [2.45, 2.75) is 25.6 Å². The van der Waals surface area contributed by atoms with Gasteiger partial charge in [-0.3, -0.25) is 4.79 Å². The summed E-state index contributed by atoms with van der Waals surface area (Å²) >= 11 is 1.74. The summed E-state index contributed by atoms with van der Waals surface area (Å²) in [4.78, 5) is 14.7. The molecule has 3 nitrogen and oxygen atoms in total. The standard InChI is InChI=1S/C17H17F3N2OS/c1-11-14-6-8-24-15(14)5-7-22(11)10-16(23)21-13-4-2-3-12(9-13)17(18,19)20/h2-4,6,8-9,11H,5,7,10H2,1H3,(H,21,23)/p+1/t11-/m0/s1. The molecule has 0 bridgehead atoms. The van der Waals surface area contributed by atoms with Crippen LogP contribution in [0.1, 0.15) is 29.0 Å². The molecular formula is C17H18F3N2OS+. The summed E-state index contributed by atoms with van der Waals surface area (Å²) in [6, 6.07) is 7.03. The molecule has 1 aliphatic heterocycles. The largest absolute Gasteiger partial charge is 0.416 e. The normalized spacial score (nSPS) is 20.5. The van der Waals surface area contributed by atoms with E-state index in [-0.39, 0.29) is 24.2 Å². The van der Waals surface area contributed by atoms with Crippen LogP contribution < -0.4 is 10.2 Å². The molecule has 24 heavy (non-hydrogen) atoms. The Hall–Kier alpha value is -1.86. The number of halogens is 3. The number of benzene rings is 1. The molecule has 0 saturated carbocycles. The van der Waals surface area contributed by atoms with E-state index in [2.05, 4.69) is 23.7 Å². The fourth-order valence-corrected chi connectivity index (χ4v) is 4.06. The Morgan fingerprint density at radius 1 is 1.38 bits per heavy atom. The molecule has 0 saturated heterocycles. The van der Waals surface area contributed by atoms with Gasteiger partial charge < -0.3 is 10.2 Å². The number of quaternary nitrogens is 1. The summed E-state index contributed by atoms with van der Waals surface area (Å²) in [6.07, 6.45) is -3.48. The third kappa shape index (κ3) is 3.62. The highest BCUT2D eigenvalue weighted by molar-refractivity contribution is 7.10. The van der Waals surface area contributed by atoms with E-state index >= 15 is 0 Å². The van der Waals surface area contributed by atoms with Crippen LogP contribution in [0.2, 0.25) is 0 Å². The van der Waals surface area contributed by atoms with Gasteiger partial charge in [-0.15, -0.1) is 11.3 Å². The van der Waals surface area contributed by atoms with Crippen LogP contribution in [0.15, 0.2) is 35.7 Å². The minimum atomic E-state index is -4.41. The van der Waals surface area contributed by atoms with Crippen molar-refractivity contribution in [2.75, 3.05) is 18.4 Å². The molecule has 2 aromatic rings. The van der Waals surface area contributed by atoms with Gasteiger partial charge in [0.2, 0.25) is 0 Å². The average Bonchev–Trinajstić information content (AvgIpc) is 2.99. The lowest BCUT2D eigenvalue weighted by Crippen LogP contribution is -3.14. The van der Waals surface area contributed by atoms with Crippen molar-refractivity contribution in [3.8, 4) is 0 Å². The van der Waals surface area contributed by atoms with Crippen LogP contribution in [-0.2, 0) is 17.4 Å². The smallest absolute Gasteiger partial charge is 0.321 e. The van der Waals surface area contributed by atoms with Crippen LogP contribution in [0.3, 0.4) is 0 Å². The second kappa shape index (κ2) is 6.57. The average molecular weight is 355 g/mol. The maximum absolute atomic E-state index is 12.7. The van der Waals surface area contributed by atoms with Gasteiger partial charge in [0, 0.05) is 22.5 Å².